The number of fused-ring (bicyclic) bond motifs is 1. The van der Waals surface area contributed by atoms with E-state index >= 15 is 0 Å². The number of hydrogen-bond acceptors (Lipinski definition) is 2. The minimum atomic E-state index is -0.251. The van der Waals surface area contributed by atoms with Gasteiger partial charge in [-0.1, -0.05) is 11.6 Å². The summed E-state index contributed by atoms with van der Waals surface area (Å²) in [7, 11) is 1.42. The molecule has 0 aromatic heterocycles. The van der Waals surface area contributed by atoms with Crippen molar-refractivity contribution < 1.29 is 9.53 Å². The summed E-state index contributed by atoms with van der Waals surface area (Å²) in [5.41, 5.74) is 2.52. The van der Waals surface area contributed by atoms with Gasteiger partial charge in [-0.05, 0) is 58.7 Å². The Morgan fingerprint density at radius 2 is 1.94 bits per heavy atom. The molecule has 1 amide bonds. The van der Waals surface area contributed by atoms with E-state index in [1.807, 2.05) is 6.07 Å². The second kappa shape index (κ2) is 5.44. The molecule has 0 saturated heterocycles. The lowest BCUT2D eigenvalue weighted by molar-refractivity contribution is 0.125. The predicted octanol–water partition coefficient (Wildman–Crippen LogP) is 3.11. The summed E-state index contributed by atoms with van der Waals surface area (Å²) < 4.78 is 5.82. The topological polar surface area (TPSA) is 29.5 Å². The van der Waals surface area contributed by atoms with Crippen LogP contribution in [0.2, 0.25) is 5.02 Å². The largest absolute Gasteiger partial charge is 0.453 e. The van der Waals surface area contributed by atoms with Gasteiger partial charge in [0.25, 0.3) is 0 Å². The fraction of sp³-hybridized carbons (Fsp3) is 0.417. The number of carbonyl (C=O) groups excluding carboxylic acids is 1. The molecule has 1 aliphatic heterocycles. The van der Waals surface area contributed by atoms with E-state index in [0.717, 1.165) is 21.4 Å². The zero-order valence-electron chi connectivity index (χ0n) is 9.50. The van der Waals surface area contributed by atoms with E-state index in [2.05, 4.69) is 28.7 Å². The van der Waals surface area contributed by atoms with Crippen molar-refractivity contribution in [3.8, 4) is 0 Å². The lowest BCUT2D eigenvalue weighted by atomic mass is 10.0. The SMILES string of the molecule is COC(=O)N1CCc2cc(Cl)c(I)cc2CC1. The van der Waals surface area contributed by atoms with Crippen LogP contribution in [0.3, 0.4) is 0 Å². The molecule has 1 aliphatic rings. The molecule has 0 radical (unpaired) electrons. The van der Waals surface area contributed by atoms with E-state index in [4.69, 9.17) is 16.3 Å². The smallest absolute Gasteiger partial charge is 0.409 e. The van der Waals surface area contributed by atoms with Crippen LogP contribution in [0.1, 0.15) is 11.1 Å². The minimum absolute atomic E-state index is 0.251. The standard InChI is InChI=1S/C12H13ClINO2/c1-17-12(16)15-4-2-8-6-10(13)11(14)7-9(8)3-5-15/h6-7H,2-5H2,1H3. The van der Waals surface area contributed by atoms with Crippen molar-refractivity contribution in [1.29, 1.82) is 0 Å². The van der Waals surface area contributed by atoms with Gasteiger partial charge in [0.2, 0.25) is 0 Å². The normalized spacial score (nSPS) is 15.1. The van der Waals surface area contributed by atoms with Crippen LogP contribution in [0.15, 0.2) is 12.1 Å². The number of methoxy groups -OCH3 is 1. The maximum absolute atomic E-state index is 11.5. The highest BCUT2D eigenvalue weighted by Gasteiger charge is 2.19. The summed E-state index contributed by atoms with van der Waals surface area (Å²) in [6, 6.07) is 4.12. The Labute approximate surface area is 119 Å². The lowest BCUT2D eigenvalue weighted by Gasteiger charge is -2.17. The summed E-state index contributed by atoms with van der Waals surface area (Å²) in [4.78, 5) is 13.2. The van der Waals surface area contributed by atoms with Crippen LogP contribution in [0.5, 0.6) is 0 Å². The molecule has 1 aromatic carbocycles. The first-order valence-corrected chi connectivity index (χ1v) is 6.87. The zero-order valence-corrected chi connectivity index (χ0v) is 12.4. The summed E-state index contributed by atoms with van der Waals surface area (Å²) in [5, 5.41) is 0.788. The van der Waals surface area contributed by atoms with Gasteiger partial charge in [0, 0.05) is 16.7 Å². The first kappa shape index (κ1) is 13.0. The molecule has 0 aliphatic carbocycles. The van der Waals surface area contributed by atoms with Crippen molar-refractivity contribution in [2.24, 2.45) is 0 Å². The molecule has 17 heavy (non-hydrogen) atoms. The number of amides is 1. The van der Waals surface area contributed by atoms with Gasteiger partial charge in [0.15, 0.2) is 0 Å². The highest BCUT2D eigenvalue weighted by molar-refractivity contribution is 14.1. The maximum Gasteiger partial charge on any atom is 0.409 e. The fourth-order valence-electron chi connectivity index (χ4n) is 2.03. The average molecular weight is 366 g/mol. The highest BCUT2D eigenvalue weighted by Crippen LogP contribution is 2.25. The molecule has 2 rings (SSSR count). The van der Waals surface area contributed by atoms with Crippen LogP contribution >= 0.6 is 34.2 Å². The molecule has 0 bridgehead atoms. The summed E-state index contributed by atoms with van der Waals surface area (Å²) in [5.74, 6) is 0. The number of benzene rings is 1. The molecular formula is C12H13ClINO2. The average Bonchev–Trinajstić information content (AvgIpc) is 2.52. The predicted molar refractivity (Wildman–Crippen MR) is 75.6 cm³/mol. The second-order valence-corrected chi connectivity index (χ2v) is 5.56. The Balaban J connectivity index is 2.21. The van der Waals surface area contributed by atoms with Gasteiger partial charge >= 0.3 is 6.09 Å². The van der Waals surface area contributed by atoms with Crippen LogP contribution in [-0.4, -0.2) is 31.2 Å². The Kier molecular flexibility index (Phi) is 4.14. The molecule has 5 heteroatoms. The number of carbonyl (C=O) groups is 1. The van der Waals surface area contributed by atoms with Crippen molar-refractivity contribution >= 4 is 40.3 Å². The Morgan fingerprint density at radius 3 is 2.53 bits per heavy atom. The van der Waals surface area contributed by atoms with Crippen LogP contribution in [-0.2, 0) is 17.6 Å². The summed E-state index contributed by atoms with van der Waals surface area (Å²) in [6.07, 6.45) is 1.44. The molecular weight excluding hydrogens is 352 g/mol. The third-order valence-electron chi connectivity index (χ3n) is 2.98. The van der Waals surface area contributed by atoms with Gasteiger partial charge in [0.05, 0.1) is 12.1 Å². The van der Waals surface area contributed by atoms with Gasteiger partial charge in [0.1, 0.15) is 0 Å². The van der Waals surface area contributed by atoms with Crippen molar-refractivity contribution in [2.75, 3.05) is 20.2 Å². The summed E-state index contributed by atoms with van der Waals surface area (Å²) in [6.45, 7) is 1.40. The van der Waals surface area contributed by atoms with Crippen LogP contribution in [0.4, 0.5) is 4.79 Å². The Hall–Kier alpha value is -0.490. The van der Waals surface area contributed by atoms with E-state index in [9.17, 15) is 4.79 Å². The van der Waals surface area contributed by atoms with Gasteiger partial charge in [-0.15, -0.1) is 0 Å². The molecule has 0 atom stereocenters. The van der Waals surface area contributed by atoms with Crippen molar-refractivity contribution in [2.45, 2.75) is 12.8 Å². The number of nitrogens with zero attached hydrogens (tertiary/aromatic N) is 1. The molecule has 92 valence electrons. The molecule has 1 heterocycles. The fourth-order valence-corrected chi connectivity index (χ4v) is 2.75. The quantitative estimate of drug-likeness (QED) is 0.661. The van der Waals surface area contributed by atoms with E-state index < -0.39 is 0 Å². The molecule has 0 spiro atoms. The maximum atomic E-state index is 11.5. The number of rotatable bonds is 0. The third-order valence-corrected chi connectivity index (χ3v) is 4.50. The van der Waals surface area contributed by atoms with Gasteiger partial charge in [-0.2, -0.15) is 0 Å². The first-order chi connectivity index (χ1) is 8.11. The zero-order chi connectivity index (χ0) is 12.4. The molecule has 0 N–H and O–H groups in total. The van der Waals surface area contributed by atoms with Crippen molar-refractivity contribution in [3.63, 3.8) is 0 Å². The first-order valence-electron chi connectivity index (χ1n) is 5.41. The van der Waals surface area contributed by atoms with E-state index in [1.54, 1.807) is 4.90 Å². The molecule has 0 fully saturated rings. The van der Waals surface area contributed by atoms with Crippen LogP contribution in [0, 0.1) is 3.57 Å². The summed E-state index contributed by atoms with van der Waals surface area (Å²) >= 11 is 8.34. The highest BCUT2D eigenvalue weighted by atomic mass is 127. The second-order valence-electron chi connectivity index (χ2n) is 3.99. The van der Waals surface area contributed by atoms with Crippen molar-refractivity contribution in [1.82, 2.24) is 4.90 Å². The van der Waals surface area contributed by atoms with Gasteiger partial charge < -0.3 is 9.64 Å². The van der Waals surface area contributed by atoms with Crippen LogP contribution < -0.4 is 0 Å². The monoisotopic (exact) mass is 365 g/mol. The lowest BCUT2D eigenvalue weighted by Crippen LogP contribution is -2.33. The third kappa shape index (κ3) is 2.85. The van der Waals surface area contributed by atoms with Gasteiger partial charge in [-0.3, -0.25) is 0 Å². The molecule has 3 nitrogen and oxygen atoms in total. The van der Waals surface area contributed by atoms with Crippen molar-refractivity contribution in [3.05, 3.63) is 31.9 Å². The number of hydrogen-bond donors (Lipinski definition) is 0. The van der Waals surface area contributed by atoms with E-state index in [0.29, 0.717) is 13.1 Å². The van der Waals surface area contributed by atoms with E-state index in [-0.39, 0.29) is 6.09 Å². The number of halogens is 2. The van der Waals surface area contributed by atoms with Crippen LogP contribution in [0.25, 0.3) is 0 Å². The minimum Gasteiger partial charge on any atom is -0.453 e. The molecule has 1 aromatic rings. The number of ether oxygens (including phenoxy) is 1. The molecule has 0 unspecified atom stereocenters. The van der Waals surface area contributed by atoms with E-state index in [1.165, 1.54) is 18.2 Å². The Morgan fingerprint density at radius 1 is 1.35 bits per heavy atom. The van der Waals surface area contributed by atoms with Gasteiger partial charge in [-0.25, -0.2) is 4.79 Å². The Bertz CT molecular complexity index is 417. The molecule has 0 saturated carbocycles.